The van der Waals surface area contributed by atoms with Gasteiger partial charge in [0, 0.05) is 0 Å². The van der Waals surface area contributed by atoms with E-state index >= 15 is 0 Å². The van der Waals surface area contributed by atoms with Gasteiger partial charge in [0.1, 0.15) is 0 Å². The van der Waals surface area contributed by atoms with Gasteiger partial charge in [-0.3, -0.25) is 0 Å². The second-order valence-electron chi connectivity index (χ2n) is 1.61. The summed E-state index contributed by atoms with van der Waals surface area (Å²) in [7, 11) is -1.56. The zero-order valence-corrected chi connectivity index (χ0v) is 10.3. The molecule has 0 aliphatic rings. The molecule has 0 nitrogen and oxygen atoms in total. The van der Waals surface area contributed by atoms with Crippen LogP contribution in [0.2, 0.25) is 6.55 Å². The Morgan fingerprint density at radius 1 is 1.00 bits per heavy atom. The number of halogens is 6. The summed E-state index contributed by atoms with van der Waals surface area (Å²) in [6.07, 6.45) is 0. The third kappa shape index (κ3) is 2.78. The van der Waals surface area contributed by atoms with Crippen LogP contribution in [0.3, 0.4) is 0 Å². The Kier molecular flexibility index (Phi) is 4.52. The van der Waals surface area contributed by atoms with Gasteiger partial charge in [-0.1, -0.05) is 64.6 Å². The van der Waals surface area contributed by atoms with Crippen LogP contribution in [0.4, 0.5) is 0 Å². The zero-order valence-electron chi connectivity index (χ0n) is 4.77. The van der Waals surface area contributed by atoms with Crippen molar-refractivity contribution >= 4 is 77.2 Å². The molecule has 0 aromatic rings. The summed E-state index contributed by atoms with van der Waals surface area (Å²) in [5.74, 6) is 0. The third-order valence-corrected chi connectivity index (χ3v) is 7.63. The summed E-state index contributed by atoms with van der Waals surface area (Å²) >= 11 is 33.2. The first-order valence-electron chi connectivity index (χ1n) is 2.13. The third-order valence-electron chi connectivity index (χ3n) is 0.789. The average Bonchev–Trinajstić information content (AvgIpc) is 1.62. The molecule has 0 aromatic carbocycles. The first-order valence-corrected chi connectivity index (χ1v) is 7.04. The van der Waals surface area contributed by atoms with Gasteiger partial charge in [-0.15, -0.1) is 0 Å². The lowest BCUT2D eigenvalue weighted by molar-refractivity contribution is 1.08. The van der Waals surface area contributed by atoms with Crippen LogP contribution in [-0.2, 0) is 0 Å². The van der Waals surface area contributed by atoms with Crippen LogP contribution >= 0.6 is 69.1 Å². The highest BCUT2D eigenvalue weighted by Gasteiger charge is 2.50. The number of hydrogen-bond acceptors (Lipinski definition) is 0. The van der Waals surface area contributed by atoms with Gasteiger partial charge >= 0.3 is 0 Å². The van der Waals surface area contributed by atoms with Crippen LogP contribution in [0.1, 0.15) is 0 Å². The lowest BCUT2D eigenvalue weighted by atomic mass is 10.9. The van der Waals surface area contributed by atoms with E-state index in [1.54, 1.807) is 6.55 Å². The molecule has 0 aliphatic heterocycles. The molecular weight excluding hydrogens is 277 g/mol. The van der Waals surface area contributed by atoms with Gasteiger partial charge in [-0.2, -0.15) is 11.1 Å². The maximum absolute atomic E-state index is 5.64. The van der Waals surface area contributed by atoms with E-state index in [1.807, 2.05) is 0 Å². The molecule has 0 N–H and O–H groups in total. The molecule has 0 saturated carbocycles. The smallest absolute Gasteiger partial charge is 0.165 e. The van der Waals surface area contributed by atoms with E-state index in [2.05, 4.69) is 0 Å². The SMILES string of the molecule is C[Si](Cl)C(Cl)(Cl)C(Cl)(Cl)Cl. The largest absolute Gasteiger partial charge is 0.221 e. The van der Waals surface area contributed by atoms with Crippen molar-refractivity contribution in [1.82, 2.24) is 0 Å². The Bertz CT molecular complexity index is 115. The van der Waals surface area contributed by atoms with Crippen molar-refractivity contribution in [2.24, 2.45) is 0 Å². The van der Waals surface area contributed by atoms with Crippen molar-refractivity contribution in [3.05, 3.63) is 0 Å². The molecule has 0 amide bonds. The van der Waals surface area contributed by atoms with Crippen LogP contribution in [0.25, 0.3) is 0 Å². The van der Waals surface area contributed by atoms with E-state index < -0.39 is 15.9 Å². The molecule has 0 fully saturated rings. The highest BCUT2D eigenvalue weighted by Crippen LogP contribution is 2.48. The highest BCUT2D eigenvalue weighted by molar-refractivity contribution is 7.16. The van der Waals surface area contributed by atoms with E-state index in [4.69, 9.17) is 69.1 Å². The molecule has 61 valence electrons. The van der Waals surface area contributed by atoms with Crippen molar-refractivity contribution in [1.29, 1.82) is 0 Å². The molecule has 7 heteroatoms. The van der Waals surface area contributed by atoms with Gasteiger partial charge in [0.25, 0.3) is 0 Å². The summed E-state index contributed by atoms with van der Waals surface area (Å²) in [6.45, 7) is 1.65. The van der Waals surface area contributed by atoms with Crippen LogP contribution in [0.15, 0.2) is 0 Å². The van der Waals surface area contributed by atoms with E-state index in [9.17, 15) is 0 Å². The number of rotatable bonds is 1. The number of alkyl halides is 5. The molecule has 0 heterocycles. The van der Waals surface area contributed by atoms with Crippen LogP contribution < -0.4 is 0 Å². The molecule has 0 unspecified atom stereocenters. The zero-order chi connectivity index (χ0) is 8.58. The normalized spacial score (nSPS) is 14.4. The molecule has 0 rings (SSSR count). The predicted octanol–water partition coefficient (Wildman–Crippen LogP) is 3.93. The highest BCUT2D eigenvalue weighted by atomic mass is 35.6. The molecule has 0 spiro atoms. The fourth-order valence-corrected chi connectivity index (χ4v) is 2.72. The van der Waals surface area contributed by atoms with E-state index in [0.29, 0.717) is 0 Å². The lowest BCUT2D eigenvalue weighted by Gasteiger charge is -2.27. The minimum atomic E-state index is -1.72. The minimum absolute atomic E-state index is 1.45. The quantitative estimate of drug-likeness (QED) is 0.388. The second-order valence-corrected chi connectivity index (χ2v) is 9.37. The van der Waals surface area contributed by atoms with Crippen LogP contribution in [-0.4, -0.2) is 15.9 Å². The van der Waals surface area contributed by atoms with Crippen LogP contribution in [0.5, 0.6) is 0 Å². The Morgan fingerprint density at radius 3 is 1.30 bits per heavy atom. The van der Waals surface area contributed by atoms with Gasteiger partial charge < -0.3 is 0 Å². The number of hydrogen-bond donors (Lipinski definition) is 0. The standard InChI is InChI=1S/C3H3Cl6Si/c1-10(9)3(7,8)2(4,5)6/h1H3. The molecular formula is C3H3Cl6Si. The van der Waals surface area contributed by atoms with Crippen molar-refractivity contribution in [2.75, 3.05) is 0 Å². The molecule has 0 aromatic heterocycles. The lowest BCUT2D eigenvalue weighted by Crippen LogP contribution is -2.41. The van der Waals surface area contributed by atoms with Crippen molar-refractivity contribution in [3.63, 3.8) is 0 Å². The maximum Gasteiger partial charge on any atom is 0.221 e. The van der Waals surface area contributed by atoms with E-state index in [1.165, 1.54) is 0 Å². The fourth-order valence-electron chi connectivity index (χ4n) is 0.195. The van der Waals surface area contributed by atoms with Crippen molar-refractivity contribution in [3.8, 4) is 0 Å². The fraction of sp³-hybridized carbons (Fsp3) is 1.00. The molecule has 0 atom stereocenters. The van der Waals surface area contributed by atoms with Gasteiger partial charge in [-0.05, 0) is 0 Å². The van der Waals surface area contributed by atoms with Gasteiger partial charge in [0.2, 0.25) is 11.9 Å². The molecule has 0 saturated heterocycles. The Balaban J connectivity index is 4.40. The average molecular weight is 280 g/mol. The van der Waals surface area contributed by atoms with Gasteiger partial charge in [-0.25, -0.2) is 0 Å². The maximum atomic E-state index is 5.64. The first kappa shape index (κ1) is 12.0. The van der Waals surface area contributed by atoms with Crippen LogP contribution in [0, 0.1) is 0 Å². The Morgan fingerprint density at radius 2 is 1.30 bits per heavy atom. The van der Waals surface area contributed by atoms with E-state index in [0.717, 1.165) is 0 Å². The summed E-state index contributed by atoms with van der Waals surface area (Å²) < 4.78 is -3.18. The monoisotopic (exact) mass is 277 g/mol. The summed E-state index contributed by atoms with van der Waals surface area (Å²) in [6, 6.07) is 0. The summed E-state index contributed by atoms with van der Waals surface area (Å²) in [4.78, 5) is 0. The van der Waals surface area contributed by atoms with Gasteiger partial charge in [0.05, 0.1) is 0 Å². The van der Waals surface area contributed by atoms with Crippen molar-refractivity contribution in [2.45, 2.75) is 14.3 Å². The van der Waals surface area contributed by atoms with E-state index in [-0.39, 0.29) is 0 Å². The first-order chi connectivity index (χ1) is 4.19. The Hall–Kier alpha value is 1.96. The van der Waals surface area contributed by atoms with Gasteiger partial charge in [0.15, 0.2) is 3.96 Å². The van der Waals surface area contributed by atoms with Crippen molar-refractivity contribution < 1.29 is 0 Å². The summed E-state index contributed by atoms with van der Waals surface area (Å²) in [5, 5.41) is 0. The minimum Gasteiger partial charge on any atom is -0.165 e. The predicted molar refractivity (Wildman–Crippen MR) is 52.2 cm³/mol. The summed E-state index contributed by atoms with van der Waals surface area (Å²) in [5.41, 5.74) is 0. The molecule has 1 radical (unpaired) electrons. The molecule has 0 aliphatic carbocycles. The Labute approximate surface area is 91.0 Å². The second kappa shape index (κ2) is 3.78. The molecule has 10 heavy (non-hydrogen) atoms. The topological polar surface area (TPSA) is 0 Å². The molecule has 0 bridgehead atoms.